The molecule has 3 rings (SSSR count). The number of hydrogen-bond donors (Lipinski definition) is 3. The minimum atomic E-state index is -3.47. The number of nitrogens with zero attached hydrogens (tertiary/aromatic N) is 3. The maximum atomic E-state index is 12.9. The van der Waals surface area contributed by atoms with E-state index in [-0.39, 0.29) is 23.8 Å². The lowest BCUT2D eigenvalue weighted by atomic mass is 10.1. The average Bonchev–Trinajstić information content (AvgIpc) is 2.84. The van der Waals surface area contributed by atoms with Gasteiger partial charge in [-0.3, -0.25) is 15.8 Å². The van der Waals surface area contributed by atoms with E-state index in [4.69, 9.17) is 15.6 Å². The summed E-state index contributed by atoms with van der Waals surface area (Å²) in [5, 5.41) is 19.1. The number of aromatic nitrogens is 2. The predicted molar refractivity (Wildman–Crippen MR) is 143 cm³/mol. The van der Waals surface area contributed by atoms with Crippen molar-refractivity contribution in [3.8, 4) is 11.3 Å². The van der Waals surface area contributed by atoms with E-state index in [0.717, 1.165) is 5.56 Å². The Kier molecular flexibility index (Phi) is 8.67. The molecular weight excluding hydrogens is 476 g/mol. The molecule has 0 saturated heterocycles. The largest absolute Gasteiger partial charge is 0.419 e. The van der Waals surface area contributed by atoms with Crippen molar-refractivity contribution in [2.45, 2.75) is 30.5 Å². The summed E-state index contributed by atoms with van der Waals surface area (Å²) in [5.41, 5.74) is 3.44. The lowest BCUT2D eigenvalue weighted by molar-refractivity contribution is 0.405. The molecule has 1 aromatic heterocycles. The molecule has 0 spiro atoms. The fourth-order valence-corrected chi connectivity index (χ4v) is 5.13. The number of sulfone groups is 1. The first-order valence-electron chi connectivity index (χ1n) is 11.4. The Morgan fingerprint density at radius 3 is 2.31 bits per heavy atom. The maximum absolute atomic E-state index is 12.9. The third kappa shape index (κ3) is 6.39. The molecule has 0 saturated carbocycles. The molecule has 1 heterocycles. The standard InChI is InChI=1S/C26H32N6O3S.H2/c1-17(16-32(4)5)36(33,34)22-12-10-20(11-13-22)23-15-30-18(2)24(31-23)26(28)35-25(27)21-8-6-19(7-9-21)14-29-3;/h6-13,15,17,27-29H,14,16H2,1-5H3;1H. The van der Waals surface area contributed by atoms with Crippen molar-refractivity contribution in [3.05, 3.63) is 77.2 Å². The Bertz CT molecular complexity index is 1340. The zero-order valence-corrected chi connectivity index (χ0v) is 22.0. The molecule has 0 bridgehead atoms. The topological polar surface area (TPSA) is 132 Å². The van der Waals surface area contributed by atoms with Crippen LogP contribution in [0.4, 0.5) is 0 Å². The highest BCUT2D eigenvalue weighted by Crippen LogP contribution is 2.23. The molecule has 0 aliphatic heterocycles. The molecule has 2 aromatic carbocycles. The lowest BCUT2D eigenvalue weighted by Gasteiger charge is -2.17. The van der Waals surface area contributed by atoms with Crippen LogP contribution in [0.15, 0.2) is 59.6 Å². The van der Waals surface area contributed by atoms with Gasteiger partial charge in [0, 0.05) is 25.6 Å². The molecule has 192 valence electrons. The zero-order valence-electron chi connectivity index (χ0n) is 21.2. The number of aryl methyl sites for hydroxylation is 1. The van der Waals surface area contributed by atoms with Gasteiger partial charge in [0.25, 0.3) is 0 Å². The van der Waals surface area contributed by atoms with Crippen molar-refractivity contribution < 1.29 is 14.6 Å². The first-order chi connectivity index (χ1) is 17.0. The molecule has 0 amide bonds. The quantitative estimate of drug-likeness (QED) is 0.296. The molecule has 9 nitrogen and oxygen atoms in total. The van der Waals surface area contributed by atoms with Crippen molar-refractivity contribution in [2.75, 3.05) is 27.7 Å². The Morgan fingerprint density at radius 2 is 1.72 bits per heavy atom. The van der Waals surface area contributed by atoms with E-state index in [2.05, 4.69) is 15.3 Å². The van der Waals surface area contributed by atoms with Gasteiger partial charge in [-0.2, -0.15) is 0 Å². The number of benzene rings is 2. The maximum Gasteiger partial charge on any atom is 0.241 e. The molecule has 0 fully saturated rings. The van der Waals surface area contributed by atoms with Crippen molar-refractivity contribution in [1.82, 2.24) is 20.2 Å². The monoisotopic (exact) mass is 510 g/mol. The van der Waals surface area contributed by atoms with Gasteiger partial charge in [-0.15, -0.1) is 0 Å². The Labute approximate surface area is 214 Å². The van der Waals surface area contributed by atoms with Crippen LogP contribution < -0.4 is 5.32 Å². The van der Waals surface area contributed by atoms with Gasteiger partial charge in [-0.25, -0.2) is 13.4 Å². The third-order valence-corrected chi connectivity index (χ3v) is 7.74. The summed E-state index contributed by atoms with van der Waals surface area (Å²) < 4.78 is 31.2. The second-order valence-electron chi connectivity index (χ2n) is 8.82. The van der Waals surface area contributed by atoms with E-state index in [1.54, 1.807) is 56.4 Å². The van der Waals surface area contributed by atoms with Gasteiger partial charge in [0.05, 0.1) is 27.7 Å². The van der Waals surface area contributed by atoms with E-state index in [9.17, 15) is 8.42 Å². The fraction of sp³-hybridized carbons (Fsp3) is 0.308. The first kappa shape index (κ1) is 27.1. The SMILES string of the molecule is CNCc1ccc(C(=N)OC(=N)c2nc(-c3ccc(S(=O)(=O)C(C)CN(C)C)cc3)cnc2C)cc1.[HH]. The number of nitrogens with one attached hydrogen (secondary N) is 3. The summed E-state index contributed by atoms with van der Waals surface area (Å²) in [6.45, 7) is 4.55. The Balaban J connectivity index is 0.00000481. The molecule has 0 radical (unpaired) electrons. The minimum Gasteiger partial charge on any atom is -0.419 e. The Hall–Kier alpha value is -3.47. The molecule has 0 aliphatic carbocycles. The second-order valence-corrected chi connectivity index (χ2v) is 11.2. The van der Waals surface area contributed by atoms with Gasteiger partial charge in [0.15, 0.2) is 9.84 Å². The van der Waals surface area contributed by atoms with Gasteiger partial charge in [0.2, 0.25) is 11.8 Å². The lowest BCUT2D eigenvalue weighted by Crippen LogP contribution is -2.30. The van der Waals surface area contributed by atoms with Crippen LogP contribution in [0.25, 0.3) is 11.3 Å². The highest BCUT2D eigenvalue weighted by atomic mass is 32.2. The fourth-order valence-electron chi connectivity index (χ4n) is 3.65. The van der Waals surface area contributed by atoms with Crippen LogP contribution in [0.1, 0.15) is 30.9 Å². The van der Waals surface area contributed by atoms with Crippen molar-refractivity contribution in [2.24, 2.45) is 0 Å². The van der Waals surface area contributed by atoms with Gasteiger partial charge >= 0.3 is 0 Å². The van der Waals surface area contributed by atoms with Crippen LogP contribution in [0.2, 0.25) is 0 Å². The molecule has 36 heavy (non-hydrogen) atoms. The van der Waals surface area contributed by atoms with Crippen LogP contribution in [-0.2, 0) is 21.1 Å². The van der Waals surface area contributed by atoms with Gasteiger partial charge in [-0.05, 0) is 64.8 Å². The second kappa shape index (κ2) is 11.5. The van der Waals surface area contributed by atoms with Crippen molar-refractivity contribution in [1.29, 1.82) is 10.8 Å². The first-order valence-corrected chi connectivity index (χ1v) is 13.0. The molecule has 0 aliphatic rings. The van der Waals surface area contributed by atoms with E-state index in [1.165, 1.54) is 0 Å². The molecule has 3 N–H and O–H groups in total. The number of ether oxygens (including phenoxy) is 1. The molecule has 3 aromatic rings. The molecule has 1 atom stereocenters. The normalized spacial score (nSPS) is 12.4. The summed E-state index contributed by atoms with van der Waals surface area (Å²) in [6, 6.07) is 13.8. The average molecular weight is 511 g/mol. The summed E-state index contributed by atoms with van der Waals surface area (Å²) in [7, 11) is 2.08. The van der Waals surface area contributed by atoms with Crippen LogP contribution in [0.3, 0.4) is 0 Å². The van der Waals surface area contributed by atoms with E-state index >= 15 is 0 Å². The summed E-state index contributed by atoms with van der Waals surface area (Å²) >= 11 is 0. The van der Waals surface area contributed by atoms with Crippen LogP contribution >= 0.6 is 0 Å². The highest BCUT2D eigenvalue weighted by Gasteiger charge is 2.24. The summed E-state index contributed by atoms with van der Waals surface area (Å²) in [6.07, 6.45) is 1.57. The third-order valence-electron chi connectivity index (χ3n) is 5.60. The smallest absolute Gasteiger partial charge is 0.241 e. The minimum absolute atomic E-state index is 0. The zero-order chi connectivity index (χ0) is 26.5. The van der Waals surface area contributed by atoms with Crippen LogP contribution in [0, 0.1) is 17.7 Å². The highest BCUT2D eigenvalue weighted by molar-refractivity contribution is 7.92. The molecular formula is C26H34N6O3S. The molecule has 1 unspecified atom stereocenters. The van der Waals surface area contributed by atoms with Crippen LogP contribution in [0.5, 0.6) is 0 Å². The molecule has 10 heteroatoms. The predicted octanol–water partition coefficient (Wildman–Crippen LogP) is 3.51. The summed E-state index contributed by atoms with van der Waals surface area (Å²) in [4.78, 5) is 10.9. The van der Waals surface area contributed by atoms with E-state index < -0.39 is 15.1 Å². The summed E-state index contributed by atoms with van der Waals surface area (Å²) in [5.74, 6) is -0.452. The van der Waals surface area contributed by atoms with E-state index in [1.807, 2.05) is 38.2 Å². The van der Waals surface area contributed by atoms with Gasteiger partial charge in [0.1, 0.15) is 5.69 Å². The van der Waals surface area contributed by atoms with Gasteiger partial charge < -0.3 is 15.0 Å². The number of hydrogen-bond acceptors (Lipinski definition) is 9. The van der Waals surface area contributed by atoms with E-state index in [0.29, 0.717) is 35.6 Å². The Morgan fingerprint density at radius 1 is 1.08 bits per heavy atom. The number of rotatable bonds is 9. The van der Waals surface area contributed by atoms with Crippen molar-refractivity contribution >= 4 is 21.6 Å². The van der Waals surface area contributed by atoms with Crippen LogP contribution in [-0.4, -0.2) is 68.0 Å². The van der Waals surface area contributed by atoms with Crippen molar-refractivity contribution in [3.63, 3.8) is 0 Å². The van der Waals surface area contributed by atoms with Gasteiger partial charge in [-0.1, -0.05) is 24.3 Å².